The summed E-state index contributed by atoms with van der Waals surface area (Å²) >= 11 is 0. The van der Waals surface area contributed by atoms with Crippen molar-refractivity contribution in [1.82, 2.24) is 14.1 Å². The minimum Gasteiger partial charge on any atom is -0.267 e. The van der Waals surface area contributed by atoms with Gasteiger partial charge < -0.3 is 0 Å². The number of aromatic nitrogens is 4. The molecule has 7 heteroatoms. The summed E-state index contributed by atoms with van der Waals surface area (Å²) in [5, 5.41) is 0. The number of H-pyrrole nitrogens is 1. The summed E-state index contributed by atoms with van der Waals surface area (Å²) in [7, 11) is 1.72. The van der Waals surface area contributed by atoms with Crippen molar-refractivity contribution < 1.29 is 4.57 Å². The number of nitrogens with zero attached hydrogens (tertiary/aromatic N) is 4. The van der Waals surface area contributed by atoms with Crippen LogP contribution >= 0.6 is 0 Å². The first-order valence-corrected chi connectivity index (χ1v) is 10.6. The maximum atomic E-state index is 13.6. The zero-order valence-electron chi connectivity index (χ0n) is 18.0. The summed E-state index contributed by atoms with van der Waals surface area (Å²) in [5.74, 6) is 1.18. The molecule has 0 saturated heterocycles. The van der Waals surface area contributed by atoms with E-state index in [0.29, 0.717) is 17.1 Å². The van der Waals surface area contributed by atoms with Crippen molar-refractivity contribution in [3.63, 3.8) is 0 Å². The molecule has 0 saturated carbocycles. The van der Waals surface area contributed by atoms with Crippen molar-refractivity contribution in [2.75, 3.05) is 11.4 Å². The number of rotatable bonds is 3. The molecule has 0 fully saturated rings. The molecule has 5 rings (SSSR count). The Morgan fingerprint density at radius 1 is 1.10 bits per heavy atom. The number of imidazole rings is 1. The summed E-state index contributed by atoms with van der Waals surface area (Å²) < 4.78 is 4.92. The van der Waals surface area contributed by atoms with Crippen LogP contribution in [0, 0.1) is 12.8 Å². The van der Waals surface area contributed by atoms with Crippen LogP contribution in [0.4, 0.5) is 11.6 Å². The number of para-hydroxylation sites is 1. The highest BCUT2D eigenvalue weighted by Gasteiger charge is 2.35. The van der Waals surface area contributed by atoms with Gasteiger partial charge in [-0.2, -0.15) is 0 Å². The highest BCUT2D eigenvalue weighted by atomic mass is 16.2. The number of benzene rings is 2. The predicted octanol–water partition coefficient (Wildman–Crippen LogP) is 2.46. The van der Waals surface area contributed by atoms with Crippen molar-refractivity contribution >= 4 is 22.8 Å². The maximum Gasteiger partial charge on any atom is 0.364 e. The molecule has 158 valence electrons. The van der Waals surface area contributed by atoms with Crippen molar-refractivity contribution in [3.8, 4) is 0 Å². The van der Waals surface area contributed by atoms with Gasteiger partial charge in [0.1, 0.15) is 5.69 Å². The number of aromatic amines is 1. The lowest BCUT2D eigenvalue weighted by Gasteiger charge is -2.26. The van der Waals surface area contributed by atoms with Gasteiger partial charge in [-0.3, -0.25) is 13.9 Å². The van der Waals surface area contributed by atoms with E-state index in [-0.39, 0.29) is 17.8 Å². The highest BCUT2D eigenvalue weighted by Crippen LogP contribution is 2.27. The average molecular weight is 417 g/mol. The Hall–Kier alpha value is -3.61. The van der Waals surface area contributed by atoms with Gasteiger partial charge in [-0.15, -0.1) is 0 Å². The van der Waals surface area contributed by atoms with Crippen LogP contribution < -0.4 is 20.7 Å². The number of fused-ring (bicyclic) bond motifs is 3. The van der Waals surface area contributed by atoms with Gasteiger partial charge in [0.25, 0.3) is 5.56 Å². The average Bonchev–Trinajstić information content (AvgIpc) is 3.15. The first kappa shape index (κ1) is 19.4. The van der Waals surface area contributed by atoms with E-state index in [2.05, 4.69) is 28.9 Å². The number of aryl methyl sites for hydroxylation is 2. The van der Waals surface area contributed by atoms with Crippen LogP contribution in [0.1, 0.15) is 18.1 Å². The van der Waals surface area contributed by atoms with Crippen LogP contribution in [-0.4, -0.2) is 20.7 Å². The largest absolute Gasteiger partial charge is 0.364 e. The summed E-state index contributed by atoms with van der Waals surface area (Å²) in [4.78, 5) is 32.2. The minimum absolute atomic E-state index is 0.252. The number of hydrogen-bond acceptors (Lipinski definition) is 3. The van der Waals surface area contributed by atoms with Gasteiger partial charge >= 0.3 is 11.6 Å². The smallest absolute Gasteiger partial charge is 0.267 e. The van der Waals surface area contributed by atoms with Gasteiger partial charge in [0.05, 0.1) is 19.6 Å². The van der Waals surface area contributed by atoms with E-state index in [0.717, 1.165) is 35.9 Å². The normalized spacial score (nSPS) is 16.0. The second kappa shape index (κ2) is 7.27. The molecular weight excluding hydrogens is 390 g/mol. The van der Waals surface area contributed by atoms with Crippen LogP contribution in [0.15, 0.2) is 64.2 Å². The fourth-order valence-corrected chi connectivity index (χ4v) is 4.54. The highest BCUT2D eigenvalue weighted by molar-refractivity contribution is 5.70. The molecular formula is C24H26N5O2+. The molecule has 0 aliphatic carbocycles. The fourth-order valence-electron chi connectivity index (χ4n) is 4.54. The number of nitrogens with one attached hydrogen (secondary N) is 1. The Morgan fingerprint density at radius 2 is 1.87 bits per heavy atom. The molecule has 1 aliphatic rings. The summed E-state index contributed by atoms with van der Waals surface area (Å²) in [6.45, 7) is 5.99. The second-order valence-electron chi connectivity index (χ2n) is 8.53. The van der Waals surface area contributed by atoms with Crippen molar-refractivity contribution in [2.45, 2.75) is 26.9 Å². The standard InChI is InChI=1S/C24H25N5O2/c1-16-8-7-9-18(12-16)15-29-22(30)20-21(26(3)24(29)31)25-23-27(13-17(2)14-28(20)23)19-10-5-4-6-11-19/h4-12,17H,13-15H2,1-3H3/p+1/t17-/m1/s1. The molecule has 0 unspecified atom stereocenters. The third-order valence-corrected chi connectivity index (χ3v) is 6.02. The molecule has 0 radical (unpaired) electrons. The minimum atomic E-state index is -0.322. The lowest BCUT2D eigenvalue weighted by atomic mass is 10.1. The van der Waals surface area contributed by atoms with E-state index >= 15 is 0 Å². The van der Waals surface area contributed by atoms with E-state index < -0.39 is 0 Å². The topological polar surface area (TPSA) is 66.9 Å². The Labute approximate surface area is 179 Å². The monoisotopic (exact) mass is 416 g/mol. The molecule has 4 aromatic rings. The van der Waals surface area contributed by atoms with E-state index in [1.54, 1.807) is 11.6 Å². The van der Waals surface area contributed by atoms with Gasteiger partial charge in [0.2, 0.25) is 11.2 Å². The quantitative estimate of drug-likeness (QED) is 0.522. The summed E-state index contributed by atoms with van der Waals surface area (Å²) in [5.41, 5.74) is 3.61. The van der Waals surface area contributed by atoms with Crippen molar-refractivity contribution in [2.24, 2.45) is 13.0 Å². The van der Waals surface area contributed by atoms with Crippen LogP contribution in [-0.2, 0) is 20.1 Å². The van der Waals surface area contributed by atoms with Gasteiger partial charge in [-0.25, -0.2) is 19.2 Å². The van der Waals surface area contributed by atoms with Crippen LogP contribution in [0.2, 0.25) is 0 Å². The summed E-state index contributed by atoms with van der Waals surface area (Å²) in [6, 6.07) is 18.0. The molecule has 1 N–H and O–H groups in total. The molecule has 2 aromatic heterocycles. The maximum absolute atomic E-state index is 13.6. The Kier molecular flexibility index (Phi) is 4.54. The molecule has 1 atom stereocenters. The molecule has 0 spiro atoms. The zero-order chi connectivity index (χ0) is 21.7. The molecule has 1 aliphatic heterocycles. The molecule has 0 amide bonds. The molecule has 3 heterocycles. The number of hydrogen-bond donors (Lipinski definition) is 1. The van der Waals surface area contributed by atoms with E-state index in [4.69, 9.17) is 0 Å². The number of anilines is 2. The van der Waals surface area contributed by atoms with Crippen LogP contribution in [0.5, 0.6) is 0 Å². The first-order valence-electron chi connectivity index (χ1n) is 10.6. The zero-order valence-corrected chi connectivity index (χ0v) is 18.0. The van der Waals surface area contributed by atoms with Gasteiger partial charge in [-0.05, 0) is 24.6 Å². The second-order valence-corrected chi connectivity index (χ2v) is 8.53. The third-order valence-electron chi connectivity index (χ3n) is 6.02. The molecule has 7 nitrogen and oxygen atoms in total. The van der Waals surface area contributed by atoms with E-state index in [1.165, 1.54) is 4.57 Å². The van der Waals surface area contributed by atoms with Crippen LogP contribution in [0.3, 0.4) is 0 Å². The molecule has 0 bridgehead atoms. The predicted molar refractivity (Wildman–Crippen MR) is 121 cm³/mol. The van der Waals surface area contributed by atoms with Gasteiger partial charge in [0.15, 0.2) is 0 Å². The lowest BCUT2D eigenvalue weighted by molar-refractivity contribution is -0.669. The fraction of sp³-hybridized carbons (Fsp3) is 0.292. The lowest BCUT2D eigenvalue weighted by Crippen LogP contribution is -2.52. The Balaban J connectivity index is 1.73. The summed E-state index contributed by atoms with van der Waals surface area (Å²) in [6.07, 6.45) is 0. The Bertz CT molecular complexity index is 1400. The third kappa shape index (κ3) is 3.17. The van der Waals surface area contributed by atoms with Gasteiger partial charge in [-0.1, -0.05) is 55.0 Å². The Morgan fingerprint density at radius 3 is 2.61 bits per heavy atom. The van der Waals surface area contributed by atoms with Gasteiger partial charge in [0, 0.05) is 13.0 Å². The van der Waals surface area contributed by atoms with E-state index in [9.17, 15) is 9.59 Å². The van der Waals surface area contributed by atoms with Crippen molar-refractivity contribution in [1.29, 1.82) is 0 Å². The first-order chi connectivity index (χ1) is 14.9. The molecule has 31 heavy (non-hydrogen) atoms. The van der Waals surface area contributed by atoms with Crippen LogP contribution in [0.25, 0.3) is 11.2 Å². The molecule has 2 aromatic carbocycles. The van der Waals surface area contributed by atoms with Crippen molar-refractivity contribution in [3.05, 3.63) is 86.6 Å². The van der Waals surface area contributed by atoms with E-state index in [1.807, 2.05) is 54.0 Å². The SMILES string of the molecule is Cc1cccc(Cn2c(=O)c3c([nH]c4[n+]3C[C@H](C)CN4c3ccccc3)n(C)c2=O)c1.